The van der Waals surface area contributed by atoms with Crippen LogP contribution in [0.1, 0.15) is 83.5 Å². The van der Waals surface area contributed by atoms with Crippen LogP contribution in [0.4, 0.5) is 0 Å². The second-order valence-electron chi connectivity index (χ2n) is 16.4. The van der Waals surface area contributed by atoms with Gasteiger partial charge in [-0.25, -0.2) is 0 Å². The summed E-state index contributed by atoms with van der Waals surface area (Å²) in [7, 11) is 1.68. The van der Waals surface area contributed by atoms with Gasteiger partial charge < -0.3 is 29.9 Å². The first-order valence-corrected chi connectivity index (χ1v) is 20.3. The van der Waals surface area contributed by atoms with E-state index in [9.17, 15) is 39.6 Å². The SMILES string of the molecule is COC1CC(N=NC2CC(C(=O)O)CC(C(=O)O)C2)CCC1NC1NC(NC2CCC(N=NC3CC(C(=O)O)CC(C(=O)O)C3)CC2)NC(N2CCOCC2)N1. The molecule has 0 radical (unpaired) electrons. The lowest BCUT2D eigenvalue weighted by molar-refractivity contribution is -0.150. The molecule has 4 aliphatic carbocycles. The van der Waals surface area contributed by atoms with E-state index in [0.717, 1.165) is 51.6 Å². The predicted octanol–water partition coefficient (Wildman–Crippen LogP) is 1.19. The fourth-order valence-corrected chi connectivity index (χ4v) is 9.29. The van der Waals surface area contributed by atoms with Gasteiger partial charge in [0.1, 0.15) is 18.9 Å². The maximum Gasteiger partial charge on any atom is 0.306 e. The number of morpholine rings is 1. The first-order valence-electron chi connectivity index (χ1n) is 20.3. The topological polar surface area (TPSA) is 280 Å². The van der Waals surface area contributed by atoms with Crippen molar-refractivity contribution in [2.24, 2.45) is 44.1 Å². The molecule has 0 aromatic heterocycles. The number of nitrogens with one attached hydrogen (secondary N) is 5. The number of carboxylic acid groups (broad SMARTS) is 4. The van der Waals surface area contributed by atoms with Gasteiger partial charge >= 0.3 is 23.9 Å². The maximum absolute atomic E-state index is 11.7. The Morgan fingerprint density at radius 1 is 0.589 bits per heavy atom. The van der Waals surface area contributed by atoms with Gasteiger partial charge in [0.25, 0.3) is 0 Å². The zero-order chi connectivity index (χ0) is 39.8. The molecule has 20 nitrogen and oxygen atoms in total. The van der Waals surface area contributed by atoms with Gasteiger partial charge in [-0.2, -0.15) is 20.5 Å². The van der Waals surface area contributed by atoms with E-state index < -0.39 is 59.6 Å². The van der Waals surface area contributed by atoms with Gasteiger partial charge in [-0.15, -0.1) is 0 Å². The van der Waals surface area contributed by atoms with Crippen molar-refractivity contribution >= 4 is 23.9 Å². The molecular formula is C36H60N10O10. The van der Waals surface area contributed by atoms with Crippen LogP contribution >= 0.6 is 0 Å². The minimum absolute atomic E-state index is 0.00419. The summed E-state index contributed by atoms with van der Waals surface area (Å²) in [5.41, 5.74) is 0. The Morgan fingerprint density at radius 3 is 1.55 bits per heavy atom. The van der Waals surface area contributed by atoms with E-state index in [4.69, 9.17) is 9.47 Å². The van der Waals surface area contributed by atoms with E-state index in [0.29, 0.717) is 45.3 Å². The summed E-state index contributed by atoms with van der Waals surface area (Å²) in [6.45, 7) is 2.85. The normalized spacial score (nSPS) is 40.4. The minimum Gasteiger partial charge on any atom is -0.481 e. The van der Waals surface area contributed by atoms with Crippen LogP contribution in [0.3, 0.4) is 0 Å². The molecule has 56 heavy (non-hydrogen) atoms. The van der Waals surface area contributed by atoms with Crippen molar-refractivity contribution in [3.8, 4) is 0 Å². The molecule has 0 bridgehead atoms. The highest BCUT2D eigenvalue weighted by Crippen LogP contribution is 2.34. The summed E-state index contributed by atoms with van der Waals surface area (Å²) in [5, 5.41) is 74.7. The lowest BCUT2D eigenvalue weighted by Gasteiger charge is -2.47. The van der Waals surface area contributed by atoms with Crippen LogP contribution in [-0.2, 0) is 28.7 Å². The van der Waals surface area contributed by atoms with Crippen LogP contribution < -0.4 is 26.6 Å². The third kappa shape index (κ3) is 11.7. The van der Waals surface area contributed by atoms with Crippen molar-refractivity contribution < 1.29 is 49.1 Å². The second kappa shape index (κ2) is 20.0. The number of carbonyl (C=O) groups is 4. The number of ether oxygens (including phenoxy) is 2. The van der Waals surface area contributed by atoms with Crippen molar-refractivity contribution in [2.75, 3.05) is 33.4 Å². The molecule has 0 spiro atoms. The van der Waals surface area contributed by atoms with Crippen molar-refractivity contribution in [1.82, 2.24) is 31.5 Å². The van der Waals surface area contributed by atoms with Gasteiger partial charge in [-0.1, -0.05) is 0 Å². The summed E-state index contributed by atoms with van der Waals surface area (Å²) in [5.74, 6) is -6.85. The van der Waals surface area contributed by atoms with Gasteiger partial charge in [0, 0.05) is 32.3 Å². The van der Waals surface area contributed by atoms with Crippen LogP contribution in [0.2, 0.25) is 0 Å². The Labute approximate surface area is 326 Å². The molecule has 6 rings (SSSR count). The van der Waals surface area contributed by atoms with E-state index in [1.165, 1.54) is 0 Å². The first kappa shape index (κ1) is 42.4. The van der Waals surface area contributed by atoms with Crippen LogP contribution in [0.15, 0.2) is 20.5 Å². The molecule has 4 saturated carbocycles. The molecular weight excluding hydrogens is 732 g/mol. The van der Waals surface area contributed by atoms with E-state index in [2.05, 4.69) is 51.9 Å². The number of nitrogens with zero attached hydrogens (tertiary/aromatic N) is 5. The highest BCUT2D eigenvalue weighted by atomic mass is 16.5. The fraction of sp³-hybridized carbons (Fsp3) is 0.889. The zero-order valence-corrected chi connectivity index (χ0v) is 32.1. The molecule has 314 valence electrons. The number of hydrogen-bond donors (Lipinski definition) is 9. The zero-order valence-electron chi connectivity index (χ0n) is 32.1. The lowest BCUT2D eigenvalue weighted by atomic mass is 9.79. The van der Waals surface area contributed by atoms with Crippen LogP contribution in [0, 0.1) is 23.7 Å². The van der Waals surface area contributed by atoms with Gasteiger partial charge in [-0.05, 0) is 83.5 Å². The Hall–Kier alpha value is -3.24. The third-order valence-corrected chi connectivity index (χ3v) is 12.5. The molecule has 2 heterocycles. The molecule has 10 atom stereocenters. The van der Waals surface area contributed by atoms with Crippen molar-refractivity contribution in [3.63, 3.8) is 0 Å². The van der Waals surface area contributed by atoms with Crippen molar-refractivity contribution in [2.45, 2.75) is 145 Å². The first-order chi connectivity index (χ1) is 26.9. The van der Waals surface area contributed by atoms with E-state index in [1.54, 1.807) is 7.11 Å². The molecule has 0 aromatic rings. The number of carboxylic acids is 4. The number of rotatable bonds is 14. The largest absolute Gasteiger partial charge is 0.481 e. The maximum atomic E-state index is 11.7. The van der Waals surface area contributed by atoms with Gasteiger partial charge in [-0.3, -0.25) is 50.7 Å². The second-order valence-corrected chi connectivity index (χ2v) is 16.4. The third-order valence-electron chi connectivity index (χ3n) is 12.5. The van der Waals surface area contributed by atoms with Gasteiger partial charge in [0.15, 0.2) is 0 Å². The monoisotopic (exact) mass is 792 g/mol. The number of aliphatic carboxylic acids is 4. The summed E-state index contributed by atoms with van der Waals surface area (Å²) in [6, 6.07) is -0.715. The van der Waals surface area contributed by atoms with E-state index in [-0.39, 0.29) is 62.0 Å². The number of azo groups is 2. The molecule has 0 amide bonds. The number of methoxy groups -OCH3 is 1. The highest BCUT2D eigenvalue weighted by Gasteiger charge is 2.40. The highest BCUT2D eigenvalue weighted by molar-refractivity contribution is 5.75. The van der Waals surface area contributed by atoms with Crippen molar-refractivity contribution in [3.05, 3.63) is 0 Å². The van der Waals surface area contributed by atoms with Gasteiger partial charge in [0.2, 0.25) is 0 Å². The Bertz CT molecular complexity index is 1370. The summed E-state index contributed by atoms with van der Waals surface area (Å²) in [4.78, 5) is 48.9. The Balaban J connectivity index is 1.01. The van der Waals surface area contributed by atoms with Gasteiger partial charge in [0.05, 0.1) is 67.2 Å². The fourth-order valence-electron chi connectivity index (χ4n) is 9.29. The molecule has 2 aliphatic heterocycles. The Morgan fingerprint density at radius 2 is 1.05 bits per heavy atom. The van der Waals surface area contributed by atoms with E-state index in [1.807, 2.05) is 0 Å². The molecule has 6 aliphatic rings. The molecule has 6 fully saturated rings. The summed E-state index contributed by atoms with van der Waals surface area (Å²) < 4.78 is 11.6. The smallest absolute Gasteiger partial charge is 0.306 e. The molecule has 10 unspecified atom stereocenters. The van der Waals surface area contributed by atoms with Crippen LogP contribution in [-0.4, -0.2) is 144 Å². The molecule has 2 saturated heterocycles. The Kier molecular flexibility index (Phi) is 15.1. The standard InChI is InChI=1S/C36H60N10O10/c1-55-29-18-25(43-45-27-16-21(32(51)52)13-22(17-27)33(53)54)6-7-28(29)38-35-39-34(40-36(41-35)46-8-10-56-11-9-46)37-23-2-4-24(5-3-23)42-44-26-14-19(30(47)48)12-20(15-26)31(49)50/h19-29,34-41H,2-18H2,1H3,(H,47,48)(H,49,50)(H,51,52)(H,53,54). The quantitative estimate of drug-likeness (QED) is 0.112. The average Bonchev–Trinajstić information content (AvgIpc) is 3.20. The van der Waals surface area contributed by atoms with Crippen molar-refractivity contribution in [1.29, 1.82) is 0 Å². The van der Waals surface area contributed by atoms with E-state index >= 15 is 0 Å². The predicted molar refractivity (Wildman–Crippen MR) is 197 cm³/mol. The lowest BCUT2D eigenvalue weighted by Crippen LogP contribution is -2.79. The summed E-state index contributed by atoms with van der Waals surface area (Å²) >= 11 is 0. The molecule has 9 N–H and O–H groups in total. The van der Waals surface area contributed by atoms with Crippen LogP contribution in [0.5, 0.6) is 0 Å². The molecule has 0 aromatic carbocycles. The summed E-state index contributed by atoms with van der Waals surface area (Å²) in [6.07, 6.45) is 6.19. The number of hydrogen-bond acceptors (Lipinski definition) is 16. The minimum atomic E-state index is -0.991. The molecule has 20 heteroatoms. The van der Waals surface area contributed by atoms with Crippen LogP contribution in [0.25, 0.3) is 0 Å². The average molecular weight is 793 g/mol.